The van der Waals surface area contributed by atoms with E-state index in [1.807, 2.05) is 6.92 Å². The van der Waals surface area contributed by atoms with Crippen LogP contribution in [0.25, 0.3) is 0 Å². The van der Waals surface area contributed by atoms with Crippen LogP contribution in [0.4, 0.5) is 0 Å². The van der Waals surface area contributed by atoms with E-state index in [0.717, 1.165) is 0 Å². The average Bonchev–Trinajstić information content (AvgIpc) is 1.35. The van der Waals surface area contributed by atoms with E-state index in [0.29, 0.717) is 0 Å². The molecule has 0 saturated carbocycles. The van der Waals surface area contributed by atoms with Crippen LogP contribution in [0.15, 0.2) is 12.2 Å². The first-order chi connectivity index (χ1) is 2.77. The molecule has 0 N–H and O–H groups in total. The molecular weight excluding hydrogens is 298 g/mol. The Hall–Kier alpha value is 0.532. The fourth-order valence-corrected chi connectivity index (χ4v) is 1.63. The second-order valence-electron chi connectivity index (χ2n) is 1.19. The van der Waals surface area contributed by atoms with Crippen molar-refractivity contribution in [3.05, 3.63) is 12.2 Å². The van der Waals surface area contributed by atoms with E-state index in [4.69, 9.17) is 0 Å². The van der Waals surface area contributed by atoms with E-state index in [1.54, 1.807) is 0 Å². The van der Waals surface area contributed by atoms with Crippen molar-refractivity contribution >= 4 is 6.56 Å². The van der Waals surface area contributed by atoms with Gasteiger partial charge in [0.2, 0.25) is 0 Å². The van der Waals surface area contributed by atoms with Crippen molar-refractivity contribution in [1.82, 2.24) is 0 Å². The first-order valence-corrected chi connectivity index (χ1v) is 7.13. The topological polar surface area (TPSA) is 0 Å². The summed E-state index contributed by atoms with van der Waals surface area (Å²) in [5, 5.41) is 0. The van der Waals surface area contributed by atoms with Crippen molar-refractivity contribution in [2.75, 3.05) is 0 Å². The third kappa shape index (κ3) is 4.53. The molecule has 0 heterocycles. The molecule has 0 fully saturated rings. The molecule has 6 heavy (non-hydrogen) atoms. The molecule has 0 spiro atoms. The van der Waals surface area contributed by atoms with Crippen LogP contribution < -0.4 is 0 Å². The first kappa shape index (κ1) is 6.53. The Morgan fingerprint density at radius 3 is 2.33 bits per heavy atom. The van der Waals surface area contributed by atoms with Gasteiger partial charge in [-0.05, 0) is 0 Å². The van der Waals surface area contributed by atoms with Gasteiger partial charge in [0.05, 0.1) is 0 Å². The molecule has 0 unspecified atom stereocenters. The normalized spacial score (nSPS) is 6.17. The summed E-state index contributed by atoms with van der Waals surface area (Å²) >= 11 is -0.596. The van der Waals surface area contributed by atoms with Crippen molar-refractivity contribution in [3.8, 4) is 0 Å². The van der Waals surface area contributed by atoms with Crippen molar-refractivity contribution in [2.45, 2.75) is 6.92 Å². The third-order valence-corrected chi connectivity index (χ3v) is 3.25. The molecule has 0 rings (SSSR count). The quantitative estimate of drug-likeness (QED) is 0.675. The Bertz CT molecular complexity index is 96.5. The zero-order valence-electron chi connectivity index (χ0n) is 3.99. The molecule has 0 saturated heterocycles. The minimum atomic E-state index is -0.596. The van der Waals surface area contributed by atoms with E-state index >= 15 is 0 Å². The zero-order chi connectivity index (χ0) is 4.99. The standard InChI is InChI=1S/C4H6.CH2.U/c1-4(2)3;;/h1H,2H2,3H3;1H2;. The van der Waals surface area contributed by atoms with Crippen LogP contribution in [-0.2, 0) is 0 Å². The molecule has 0 aromatic heterocycles. The van der Waals surface area contributed by atoms with Crippen LogP contribution in [0.2, 0.25) is 0 Å². The summed E-state index contributed by atoms with van der Waals surface area (Å²) in [4.78, 5) is 0. The molecule has 0 radical (unpaired) electrons. The van der Waals surface area contributed by atoms with Gasteiger partial charge in [-0.3, -0.25) is 0 Å². The van der Waals surface area contributed by atoms with Gasteiger partial charge in [-0.1, -0.05) is 0 Å². The second-order valence-corrected chi connectivity index (χ2v) is 4.10. The van der Waals surface area contributed by atoms with Gasteiger partial charge in [0.1, 0.15) is 0 Å². The fraction of sp³-hybridized carbons (Fsp3) is 0.200. The van der Waals surface area contributed by atoms with Crippen LogP contribution in [0.5, 0.6) is 0 Å². The molecule has 1 heteroatoms. The maximum atomic E-state index is 3.82. The number of allylic oxidation sites excluding steroid dienone is 1. The Morgan fingerprint density at radius 1 is 1.83 bits per heavy atom. The van der Waals surface area contributed by atoms with E-state index in [1.165, 1.54) is 5.57 Å². The van der Waals surface area contributed by atoms with Gasteiger partial charge < -0.3 is 0 Å². The first-order valence-electron chi connectivity index (χ1n) is 1.78. The molecule has 32 valence electrons. The molecular formula is C5H8U. The predicted octanol–water partition coefficient (Wildman–Crippen LogP) is 0.882. The summed E-state index contributed by atoms with van der Waals surface area (Å²) in [7, 11) is 0. The summed E-state index contributed by atoms with van der Waals surface area (Å²) < 4.78 is 6.01. The number of hydrogen-bond donors (Lipinski definition) is 0. The summed E-state index contributed by atoms with van der Waals surface area (Å²) in [5.74, 6) is 0. The molecule has 0 aromatic rings. The van der Waals surface area contributed by atoms with Crippen LogP contribution in [0.3, 0.4) is 0 Å². The van der Waals surface area contributed by atoms with Gasteiger partial charge in [-0.15, -0.1) is 0 Å². The van der Waals surface area contributed by atoms with Crippen LogP contribution in [0.1, 0.15) is 6.92 Å². The Labute approximate surface area is 52.2 Å². The summed E-state index contributed by atoms with van der Waals surface area (Å²) in [6, 6.07) is 0. The van der Waals surface area contributed by atoms with E-state index in [-0.39, 0.29) is 0 Å². The molecule has 0 bridgehead atoms. The monoisotopic (exact) mass is 306 g/mol. The van der Waals surface area contributed by atoms with E-state index in [2.05, 4.69) is 13.1 Å². The van der Waals surface area contributed by atoms with Crippen LogP contribution in [-0.4, -0.2) is 6.56 Å². The van der Waals surface area contributed by atoms with Crippen molar-refractivity contribution in [3.63, 3.8) is 0 Å². The predicted molar refractivity (Wildman–Crippen MR) is 28.0 cm³/mol. The summed E-state index contributed by atoms with van der Waals surface area (Å²) in [6.07, 6.45) is 0. The number of rotatable bonds is 1. The molecule has 0 atom stereocenters. The SMILES string of the molecule is [CH2]=[U]=[CH]C(=C)C. The van der Waals surface area contributed by atoms with Gasteiger partial charge in [0.25, 0.3) is 0 Å². The van der Waals surface area contributed by atoms with Crippen molar-refractivity contribution < 1.29 is 26.7 Å². The van der Waals surface area contributed by atoms with Crippen molar-refractivity contribution in [1.29, 1.82) is 0 Å². The Balaban J connectivity index is 3.60. The molecule has 0 nitrogen and oxygen atoms in total. The zero-order valence-corrected chi connectivity index (χ0v) is 8.16. The summed E-state index contributed by atoms with van der Waals surface area (Å²) in [6.45, 7) is 5.72. The summed E-state index contributed by atoms with van der Waals surface area (Å²) in [5.41, 5.74) is 1.19. The second kappa shape index (κ2) is 3.71. The van der Waals surface area contributed by atoms with Gasteiger partial charge in [0, 0.05) is 0 Å². The van der Waals surface area contributed by atoms with Crippen LogP contribution in [0, 0.1) is 26.7 Å². The molecule has 0 aromatic carbocycles. The fourth-order valence-electron chi connectivity index (χ4n) is 0.174. The third-order valence-electron chi connectivity index (χ3n) is 0.348. The molecule has 0 aliphatic carbocycles. The van der Waals surface area contributed by atoms with Gasteiger partial charge >= 0.3 is 52.4 Å². The van der Waals surface area contributed by atoms with Crippen molar-refractivity contribution in [2.24, 2.45) is 0 Å². The Kier molecular flexibility index (Phi) is 4.04. The van der Waals surface area contributed by atoms with Gasteiger partial charge in [-0.25, -0.2) is 0 Å². The van der Waals surface area contributed by atoms with Gasteiger partial charge in [-0.2, -0.15) is 0 Å². The van der Waals surface area contributed by atoms with Crippen LogP contribution >= 0.6 is 0 Å². The Morgan fingerprint density at radius 2 is 2.33 bits per heavy atom. The molecule has 0 aliphatic heterocycles. The van der Waals surface area contributed by atoms with E-state index in [9.17, 15) is 0 Å². The van der Waals surface area contributed by atoms with E-state index < -0.39 is 26.7 Å². The van der Waals surface area contributed by atoms with Gasteiger partial charge in [0.15, 0.2) is 0 Å². The molecule has 0 amide bonds. The maximum absolute atomic E-state index is 3.82. The average molecular weight is 306 g/mol. The minimum absolute atomic E-state index is 0.596. The molecule has 0 aliphatic rings. The number of hydrogen-bond acceptors (Lipinski definition) is 0.